The van der Waals surface area contributed by atoms with E-state index in [0.29, 0.717) is 0 Å². The maximum Gasteiger partial charge on any atom is 0.260 e. The smallest absolute Gasteiger partial charge is 0.260 e. The molecule has 0 amide bonds. The molecular formula is C13H18N4O2S. The first-order chi connectivity index (χ1) is 9.31. The lowest BCUT2D eigenvalue weighted by atomic mass is 10.1. The maximum absolute atomic E-state index is 12.3. The van der Waals surface area contributed by atoms with Gasteiger partial charge in [0.2, 0.25) is 0 Å². The van der Waals surface area contributed by atoms with Gasteiger partial charge in [-0.1, -0.05) is 29.8 Å². The molecule has 0 fully saturated rings. The number of sulfonamides is 1. The predicted molar refractivity (Wildman–Crippen MR) is 77.5 cm³/mol. The van der Waals surface area contributed by atoms with E-state index in [4.69, 9.17) is 5.73 Å². The first kappa shape index (κ1) is 14.5. The van der Waals surface area contributed by atoms with Crippen molar-refractivity contribution < 1.29 is 8.42 Å². The fraction of sp³-hybridized carbons (Fsp3) is 0.308. The van der Waals surface area contributed by atoms with Crippen LogP contribution in [0.2, 0.25) is 0 Å². The summed E-state index contributed by atoms with van der Waals surface area (Å²) in [5.74, 6) is -0.00361. The molecule has 7 heteroatoms. The summed E-state index contributed by atoms with van der Waals surface area (Å²) >= 11 is 0. The second-order valence-electron chi connectivity index (χ2n) is 4.80. The molecule has 0 aliphatic heterocycles. The largest absolute Gasteiger partial charge is 0.381 e. The van der Waals surface area contributed by atoms with E-state index in [1.54, 1.807) is 14.0 Å². The molecule has 1 aromatic carbocycles. The molecule has 1 atom stereocenters. The Morgan fingerprint density at radius 3 is 2.40 bits per heavy atom. The van der Waals surface area contributed by atoms with Gasteiger partial charge in [-0.25, -0.2) is 18.1 Å². The third kappa shape index (κ3) is 2.83. The number of nitrogen functional groups attached to an aromatic ring is 1. The molecule has 0 radical (unpaired) electrons. The van der Waals surface area contributed by atoms with E-state index >= 15 is 0 Å². The number of nitrogens with zero attached hydrogens (tertiary/aromatic N) is 2. The first-order valence-electron chi connectivity index (χ1n) is 6.17. The average Bonchev–Trinajstić information content (AvgIpc) is 2.69. The number of aromatic nitrogens is 2. The molecule has 0 aliphatic rings. The van der Waals surface area contributed by atoms with E-state index < -0.39 is 10.0 Å². The number of hydrogen-bond acceptors (Lipinski definition) is 4. The van der Waals surface area contributed by atoms with Gasteiger partial charge in [-0.05, 0) is 19.4 Å². The van der Waals surface area contributed by atoms with Gasteiger partial charge in [0.25, 0.3) is 10.0 Å². The van der Waals surface area contributed by atoms with Crippen molar-refractivity contribution in [2.24, 2.45) is 7.05 Å². The van der Waals surface area contributed by atoms with Crippen LogP contribution in [0.25, 0.3) is 0 Å². The van der Waals surface area contributed by atoms with Crippen molar-refractivity contribution >= 4 is 15.8 Å². The highest BCUT2D eigenvalue weighted by atomic mass is 32.2. The number of imidazole rings is 1. The highest BCUT2D eigenvalue weighted by Gasteiger charge is 2.24. The Morgan fingerprint density at radius 1 is 1.30 bits per heavy atom. The second-order valence-corrected chi connectivity index (χ2v) is 6.43. The van der Waals surface area contributed by atoms with Crippen LogP contribution in [0.4, 0.5) is 5.82 Å². The third-order valence-electron chi connectivity index (χ3n) is 3.07. The minimum absolute atomic E-state index is 0.00361. The van der Waals surface area contributed by atoms with Crippen molar-refractivity contribution in [1.29, 1.82) is 0 Å². The summed E-state index contributed by atoms with van der Waals surface area (Å²) < 4.78 is 28.7. The normalized spacial score (nSPS) is 13.3. The number of nitrogens with one attached hydrogen (secondary N) is 1. The zero-order valence-corrected chi connectivity index (χ0v) is 12.5. The van der Waals surface area contributed by atoms with Crippen LogP contribution >= 0.6 is 0 Å². The van der Waals surface area contributed by atoms with Crippen LogP contribution in [0, 0.1) is 6.92 Å². The van der Waals surface area contributed by atoms with Crippen LogP contribution in [0.15, 0.2) is 35.6 Å². The molecule has 3 N–H and O–H groups in total. The van der Waals surface area contributed by atoms with E-state index in [9.17, 15) is 8.42 Å². The molecule has 1 unspecified atom stereocenters. The number of hydrogen-bond donors (Lipinski definition) is 2. The van der Waals surface area contributed by atoms with Gasteiger partial charge in [0.05, 0.1) is 6.33 Å². The van der Waals surface area contributed by atoms with Gasteiger partial charge in [0, 0.05) is 13.1 Å². The zero-order chi connectivity index (χ0) is 14.9. The number of rotatable bonds is 4. The lowest BCUT2D eigenvalue weighted by Gasteiger charge is -2.15. The Bertz CT molecular complexity index is 685. The molecule has 1 heterocycles. The van der Waals surface area contributed by atoms with Gasteiger partial charge in [-0.2, -0.15) is 0 Å². The molecule has 0 saturated carbocycles. The number of benzene rings is 1. The highest BCUT2D eigenvalue weighted by molar-refractivity contribution is 7.89. The van der Waals surface area contributed by atoms with E-state index in [-0.39, 0.29) is 16.9 Å². The first-order valence-corrected chi connectivity index (χ1v) is 7.65. The van der Waals surface area contributed by atoms with Crippen LogP contribution in [0.1, 0.15) is 24.1 Å². The fourth-order valence-corrected chi connectivity index (χ4v) is 3.44. The van der Waals surface area contributed by atoms with Crippen LogP contribution in [0.3, 0.4) is 0 Å². The minimum Gasteiger partial charge on any atom is -0.381 e. The minimum atomic E-state index is -3.71. The zero-order valence-electron chi connectivity index (χ0n) is 11.7. The van der Waals surface area contributed by atoms with Crippen molar-refractivity contribution in [3.63, 3.8) is 0 Å². The Labute approximate surface area is 118 Å². The molecule has 0 spiro atoms. The van der Waals surface area contributed by atoms with Crippen LogP contribution in [-0.2, 0) is 17.1 Å². The quantitative estimate of drug-likeness (QED) is 0.890. The summed E-state index contributed by atoms with van der Waals surface area (Å²) in [7, 11) is -2.12. The van der Waals surface area contributed by atoms with Gasteiger partial charge in [-0.3, -0.25) is 0 Å². The Balaban J connectivity index is 2.27. The lowest BCUT2D eigenvalue weighted by Crippen LogP contribution is -2.29. The van der Waals surface area contributed by atoms with Crippen LogP contribution in [-0.4, -0.2) is 18.0 Å². The molecule has 2 aromatic rings. The summed E-state index contributed by atoms with van der Waals surface area (Å²) in [4.78, 5) is 3.80. The van der Waals surface area contributed by atoms with Gasteiger partial charge >= 0.3 is 0 Å². The van der Waals surface area contributed by atoms with Crippen LogP contribution < -0.4 is 10.5 Å². The maximum atomic E-state index is 12.3. The molecule has 108 valence electrons. The van der Waals surface area contributed by atoms with E-state index in [0.717, 1.165) is 11.1 Å². The standard InChI is InChI=1S/C13H18N4O2S/c1-9-4-6-11(7-5-9)10(2)16-20(18,19)13-12(14)15-8-17(13)3/h4-8,10,16H,14H2,1-3H3. The Hall–Kier alpha value is -1.86. The highest BCUT2D eigenvalue weighted by Crippen LogP contribution is 2.20. The monoisotopic (exact) mass is 294 g/mol. The molecule has 20 heavy (non-hydrogen) atoms. The van der Waals surface area contributed by atoms with E-state index in [1.165, 1.54) is 10.9 Å². The predicted octanol–water partition coefficient (Wildman–Crippen LogP) is 1.35. The van der Waals surface area contributed by atoms with Gasteiger partial charge in [0.15, 0.2) is 10.8 Å². The van der Waals surface area contributed by atoms with Gasteiger partial charge < -0.3 is 10.3 Å². The van der Waals surface area contributed by atoms with E-state index in [2.05, 4.69) is 9.71 Å². The van der Waals surface area contributed by atoms with Crippen molar-refractivity contribution in [2.45, 2.75) is 24.9 Å². The number of aryl methyl sites for hydroxylation is 2. The Kier molecular flexibility index (Phi) is 3.82. The van der Waals surface area contributed by atoms with E-state index in [1.807, 2.05) is 31.2 Å². The van der Waals surface area contributed by atoms with Gasteiger partial charge in [-0.15, -0.1) is 0 Å². The number of anilines is 1. The molecule has 0 saturated heterocycles. The molecule has 2 rings (SSSR count). The average molecular weight is 294 g/mol. The molecule has 1 aromatic heterocycles. The molecule has 0 bridgehead atoms. The summed E-state index contributed by atoms with van der Waals surface area (Å²) in [6.45, 7) is 3.77. The SMILES string of the molecule is Cc1ccc(C(C)NS(=O)(=O)c2c(N)ncn2C)cc1. The summed E-state index contributed by atoms with van der Waals surface area (Å²) in [6.07, 6.45) is 1.38. The molecule has 0 aliphatic carbocycles. The van der Waals surface area contributed by atoms with Crippen molar-refractivity contribution in [3.05, 3.63) is 41.7 Å². The van der Waals surface area contributed by atoms with Crippen molar-refractivity contribution in [1.82, 2.24) is 14.3 Å². The fourth-order valence-electron chi connectivity index (χ4n) is 1.98. The number of nitrogens with two attached hydrogens (primary N) is 1. The second kappa shape index (κ2) is 5.26. The van der Waals surface area contributed by atoms with Crippen molar-refractivity contribution in [2.75, 3.05) is 5.73 Å². The Morgan fingerprint density at radius 2 is 1.90 bits per heavy atom. The molecule has 6 nitrogen and oxygen atoms in total. The van der Waals surface area contributed by atoms with Crippen LogP contribution in [0.5, 0.6) is 0 Å². The summed E-state index contributed by atoms with van der Waals surface area (Å²) in [5, 5.41) is -0.0172. The topological polar surface area (TPSA) is 90.0 Å². The third-order valence-corrected chi connectivity index (χ3v) is 4.74. The lowest BCUT2D eigenvalue weighted by molar-refractivity contribution is 0.558. The molecular weight excluding hydrogens is 276 g/mol. The summed E-state index contributed by atoms with van der Waals surface area (Å²) in [5.41, 5.74) is 7.62. The summed E-state index contributed by atoms with van der Waals surface area (Å²) in [6, 6.07) is 7.33. The van der Waals surface area contributed by atoms with Gasteiger partial charge in [0.1, 0.15) is 0 Å². The van der Waals surface area contributed by atoms with Crippen molar-refractivity contribution in [3.8, 4) is 0 Å².